The molecule has 0 saturated carbocycles. The summed E-state index contributed by atoms with van der Waals surface area (Å²) in [6.45, 7) is 4.17. The Kier molecular flexibility index (Phi) is 3.39. The summed E-state index contributed by atoms with van der Waals surface area (Å²) in [6.07, 6.45) is 2.55. The Morgan fingerprint density at radius 2 is 2.38 bits per heavy atom. The number of ether oxygens (including phenoxy) is 1. The van der Waals surface area contributed by atoms with Crippen LogP contribution in [0, 0.1) is 0 Å². The lowest BCUT2D eigenvalue weighted by Gasteiger charge is -2.28. The highest BCUT2D eigenvalue weighted by Crippen LogP contribution is 2.39. The highest BCUT2D eigenvalue weighted by molar-refractivity contribution is 8.04. The number of rotatable bonds is 3. The van der Waals surface area contributed by atoms with Gasteiger partial charge in [0, 0.05) is 6.04 Å². The molecule has 2 atom stereocenters. The molecule has 0 aromatic heterocycles. The molecule has 0 bridgehead atoms. The van der Waals surface area contributed by atoms with Crippen molar-refractivity contribution in [3.63, 3.8) is 0 Å². The molecule has 0 fully saturated rings. The second-order valence-electron chi connectivity index (χ2n) is 2.94. The van der Waals surface area contributed by atoms with Crippen molar-refractivity contribution in [3.05, 3.63) is 11.5 Å². The molecule has 0 radical (unpaired) electrons. The quantitative estimate of drug-likeness (QED) is 0.699. The molecular weight excluding hydrogens is 186 g/mol. The van der Waals surface area contributed by atoms with Crippen LogP contribution in [0.3, 0.4) is 0 Å². The van der Waals surface area contributed by atoms with Crippen LogP contribution in [-0.2, 0) is 9.53 Å². The Bertz CT molecular complexity index is 230. The molecule has 1 aliphatic heterocycles. The summed E-state index contributed by atoms with van der Waals surface area (Å²) < 4.78 is 4.44. The summed E-state index contributed by atoms with van der Waals surface area (Å²) in [5, 5.41) is 1.88. The third-order valence-corrected chi connectivity index (χ3v) is 3.69. The number of carbonyl (C=O) groups is 1. The van der Waals surface area contributed by atoms with E-state index in [4.69, 9.17) is 10.5 Å². The fraction of sp³-hybridized carbons (Fsp3) is 0.667. The van der Waals surface area contributed by atoms with Gasteiger partial charge >= 0.3 is 5.97 Å². The lowest BCUT2D eigenvalue weighted by Crippen LogP contribution is -2.48. The second-order valence-corrected chi connectivity index (χ2v) is 4.17. The van der Waals surface area contributed by atoms with Crippen molar-refractivity contribution in [2.75, 3.05) is 6.61 Å². The molecule has 4 heteroatoms. The Morgan fingerprint density at radius 3 is 2.77 bits per heavy atom. The summed E-state index contributed by atoms with van der Waals surface area (Å²) in [5.41, 5.74) is 5.85. The number of thioether (sulfide) groups is 1. The van der Waals surface area contributed by atoms with Gasteiger partial charge in [-0.3, -0.25) is 4.79 Å². The van der Waals surface area contributed by atoms with Crippen LogP contribution in [0.4, 0.5) is 0 Å². The molecule has 0 amide bonds. The van der Waals surface area contributed by atoms with Crippen molar-refractivity contribution in [2.24, 2.45) is 5.73 Å². The highest BCUT2D eigenvalue weighted by atomic mass is 32.2. The summed E-state index contributed by atoms with van der Waals surface area (Å²) in [4.78, 5) is 11.6. The lowest BCUT2D eigenvalue weighted by molar-refractivity contribution is -0.146. The molecule has 74 valence electrons. The van der Waals surface area contributed by atoms with E-state index in [0.717, 1.165) is 0 Å². The van der Waals surface area contributed by atoms with E-state index >= 15 is 0 Å². The first-order chi connectivity index (χ1) is 6.17. The van der Waals surface area contributed by atoms with Crippen molar-refractivity contribution < 1.29 is 9.53 Å². The molecule has 0 saturated heterocycles. The zero-order valence-electron chi connectivity index (χ0n) is 7.95. The second kappa shape index (κ2) is 4.15. The molecule has 3 nitrogen and oxygen atoms in total. The largest absolute Gasteiger partial charge is 0.465 e. The summed E-state index contributed by atoms with van der Waals surface area (Å²) in [7, 11) is 0. The van der Waals surface area contributed by atoms with Gasteiger partial charge in [0.2, 0.25) is 0 Å². The number of hydrogen-bond donors (Lipinski definition) is 1. The number of esters is 1. The predicted octanol–water partition coefficient (Wildman–Crippen LogP) is 1.29. The molecule has 1 rings (SSSR count). The zero-order chi connectivity index (χ0) is 9.90. The van der Waals surface area contributed by atoms with Crippen molar-refractivity contribution in [1.82, 2.24) is 0 Å². The van der Waals surface area contributed by atoms with Crippen LogP contribution in [0.1, 0.15) is 20.3 Å². The van der Waals surface area contributed by atoms with E-state index in [1.54, 1.807) is 6.92 Å². The molecule has 0 spiro atoms. The SMILES string of the molecule is CCOC(=O)C1(CC)SC=CC1N. The summed E-state index contributed by atoms with van der Waals surface area (Å²) in [6, 6.07) is -0.221. The minimum Gasteiger partial charge on any atom is -0.465 e. The van der Waals surface area contributed by atoms with Crippen LogP contribution in [-0.4, -0.2) is 23.4 Å². The molecule has 1 heterocycles. The fourth-order valence-electron chi connectivity index (χ4n) is 1.38. The molecule has 0 aromatic carbocycles. The topological polar surface area (TPSA) is 52.3 Å². The predicted molar refractivity (Wildman–Crippen MR) is 54.4 cm³/mol. The molecule has 13 heavy (non-hydrogen) atoms. The van der Waals surface area contributed by atoms with Crippen LogP contribution in [0.25, 0.3) is 0 Å². The van der Waals surface area contributed by atoms with Gasteiger partial charge < -0.3 is 10.5 Å². The van der Waals surface area contributed by atoms with E-state index in [1.807, 2.05) is 18.4 Å². The normalized spacial score (nSPS) is 32.1. The van der Waals surface area contributed by atoms with Gasteiger partial charge in [-0.1, -0.05) is 13.0 Å². The van der Waals surface area contributed by atoms with Crippen LogP contribution >= 0.6 is 11.8 Å². The van der Waals surface area contributed by atoms with Gasteiger partial charge in [0.05, 0.1) is 6.61 Å². The van der Waals surface area contributed by atoms with Gasteiger partial charge in [0.1, 0.15) is 4.75 Å². The Morgan fingerprint density at radius 1 is 1.69 bits per heavy atom. The van der Waals surface area contributed by atoms with Gasteiger partial charge in [-0.15, -0.1) is 11.8 Å². The average Bonchev–Trinajstić information content (AvgIpc) is 2.48. The van der Waals surface area contributed by atoms with Crippen molar-refractivity contribution in [3.8, 4) is 0 Å². The zero-order valence-corrected chi connectivity index (χ0v) is 8.76. The number of hydrogen-bond acceptors (Lipinski definition) is 4. The first kappa shape index (κ1) is 10.6. The average molecular weight is 201 g/mol. The minimum absolute atomic E-state index is 0.194. The van der Waals surface area contributed by atoms with Crippen LogP contribution < -0.4 is 5.73 Å². The maximum Gasteiger partial charge on any atom is 0.324 e. The Labute approximate surface area is 82.7 Å². The third kappa shape index (κ3) is 1.74. The van der Waals surface area contributed by atoms with Crippen LogP contribution in [0.5, 0.6) is 0 Å². The summed E-state index contributed by atoms with van der Waals surface area (Å²) >= 11 is 1.47. The molecule has 2 N–H and O–H groups in total. The van der Waals surface area contributed by atoms with E-state index in [9.17, 15) is 4.79 Å². The number of nitrogens with two attached hydrogens (primary N) is 1. The van der Waals surface area contributed by atoms with E-state index in [2.05, 4.69) is 0 Å². The van der Waals surface area contributed by atoms with Gasteiger partial charge in [-0.2, -0.15) is 0 Å². The van der Waals surface area contributed by atoms with Gasteiger partial charge in [0.25, 0.3) is 0 Å². The first-order valence-corrected chi connectivity index (χ1v) is 5.32. The summed E-state index contributed by atoms with van der Waals surface area (Å²) in [5.74, 6) is -0.194. The van der Waals surface area contributed by atoms with E-state index in [0.29, 0.717) is 13.0 Å². The fourth-order valence-corrected chi connectivity index (χ4v) is 2.43. The standard InChI is InChI=1S/C9H15NO2S/c1-3-9(8(11)12-4-2)7(10)5-6-13-9/h5-7H,3-4,10H2,1-2H3. The van der Waals surface area contributed by atoms with Crippen LogP contribution in [0.2, 0.25) is 0 Å². The van der Waals surface area contributed by atoms with Crippen molar-refractivity contribution in [1.29, 1.82) is 0 Å². The van der Waals surface area contributed by atoms with Crippen molar-refractivity contribution >= 4 is 17.7 Å². The Hall–Kier alpha value is -0.480. The van der Waals surface area contributed by atoms with Crippen molar-refractivity contribution in [2.45, 2.75) is 31.1 Å². The first-order valence-electron chi connectivity index (χ1n) is 4.44. The van der Waals surface area contributed by atoms with E-state index < -0.39 is 4.75 Å². The lowest BCUT2D eigenvalue weighted by atomic mass is 9.97. The molecular formula is C9H15NO2S. The molecule has 0 aromatic rings. The highest BCUT2D eigenvalue weighted by Gasteiger charge is 2.45. The molecule has 1 aliphatic rings. The Balaban J connectivity index is 2.76. The monoisotopic (exact) mass is 201 g/mol. The van der Waals surface area contributed by atoms with Gasteiger partial charge in [-0.05, 0) is 18.8 Å². The third-order valence-electron chi connectivity index (χ3n) is 2.25. The maximum absolute atomic E-state index is 11.6. The van der Waals surface area contributed by atoms with Gasteiger partial charge in [-0.25, -0.2) is 0 Å². The molecule has 2 unspecified atom stereocenters. The smallest absolute Gasteiger partial charge is 0.324 e. The van der Waals surface area contributed by atoms with Crippen LogP contribution in [0.15, 0.2) is 11.5 Å². The van der Waals surface area contributed by atoms with Gasteiger partial charge in [0.15, 0.2) is 0 Å². The van der Waals surface area contributed by atoms with E-state index in [1.165, 1.54) is 11.8 Å². The minimum atomic E-state index is -0.573. The molecule has 0 aliphatic carbocycles. The van der Waals surface area contributed by atoms with E-state index in [-0.39, 0.29) is 12.0 Å². The maximum atomic E-state index is 11.6. The number of carbonyl (C=O) groups excluding carboxylic acids is 1.